The molecule has 0 saturated carbocycles. The van der Waals surface area contributed by atoms with Crippen molar-refractivity contribution < 1.29 is 24.2 Å². The molecule has 0 aliphatic rings. The summed E-state index contributed by atoms with van der Waals surface area (Å²) in [5, 5.41) is 14.3. The van der Waals surface area contributed by atoms with Gasteiger partial charge < -0.3 is 19.9 Å². The molecule has 1 aromatic heterocycles. The van der Waals surface area contributed by atoms with E-state index in [0.717, 1.165) is 18.4 Å². The van der Waals surface area contributed by atoms with Crippen molar-refractivity contribution in [1.29, 1.82) is 0 Å². The van der Waals surface area contributed by atoms with Crippen LogP contribution in [0.5, 0.6) is 11.5 Å². The molecule has 1 heterocycles. The number of carbonyl (C=O) groups excluding carboxylic acids is 2. The Kier molecular flexibility index (Phi) is 13.0. The predicted molar refractivity (Wildman–Crippen MR) is 144 cm³/mol. The molecule has 192 valence electrons. The molecule has 0 spiro atoms. The van der Waals surface area contributed by atoms with Crippen molar-refractivity contribution in [3.63, 3.8) is 0 Å². The van der Waals surface area contributed by atoms with E-state index in [4.69, 9.17) is 9.47 Å². The molecule has 0 aliphatic heterocycles. The van der Waals surface area contributed by atoms with Gasteiger partial charge in [0.05, 0.1) is 19.4 Å². The van der Waals surface area contributed by atoms with Crippen LogP contribution in [0.3, 0.4) is 0 Å². The molecule has 0 radical (unpaired) electrons. The molecule has 1 aromatic carbocycles. The summed E-state index contributed by atoms with van der Waals surface area (Å²) >= 11 is 1.27. The number of aromatic hydroxyl groups is 1. The fourth-order valence-corrected chi connectivity index (χ4v) is 4.60. The maximum absolute atomic E-state index is 12.6. The van der Waals surface area contributed by atoms with Crippen molar-refractivity contribution in [2.45, 2.75) is 78.1 Å². The van der Waals surface area contributed by atoms with Gasteiger partial charge in [0, 0.05) is 6.08 Å². The van der Waals surface area contributed by atoms with Crippen molar-refractivity contribution in [2.24, 2.45) is 0 Å². The minimum absolute atomic E-state index is 0.0314. The lowest BCUT2D eigenvalue weighted by atomic mass is 10.1. The van der Waals surface area contributed by atoms with Crippen LogP contribution in [-0.2, 0) is 9.53 Å². The van der Waals surface area contributed by atoms with Crippen LogP contribution in [-0.4, -0.2) is 30.7 Å². The molecule has 6 nitrogen and oxygen atoms in total. The Morgan fingerprint density at radius 3 is 2.34 bits per heavy atom. The van der Waals surface area contributed by atoms with Crippen LogP contribution >= 0.6 is 11.3 Å². The Morgan fingerprint density at radius 2 is 1.69 bits per heavy atom. The highest BCUT2D eigenvalue weighted by Gasteiger charge is 2.18. The normalized spacial score (nSPS) is 11.1. The number of carbonyl (C=O) groups is 2. The first-order chi connectivity index (χ1) is 17.0. The number of rotatable bonds is 16. The first kappa shape index (κ1) is 28.4. The number of aryl methyl sites for hydroxylation is 1. The van der Waals surface area contributed by atoms with Gasteiger partial charge in [0.25, 0.3) is 0 Å². The minimum atomic E-state index is -0.401. The fraction of sp³-hybridized carbons (Fsp3) is 0.500. The van der Waals surface area contributed by atoms with Crippen molar-refractivity contribution in [3.05, 3.63) is 45.7 Å². The number of thiophene rings is 1. The molecule has 0 aliphatic carbocycles. The third-order valence-corrected chi connectivity index (χ3v) is 6.85. The molecule has 0 bridgehead atoms. The van der Waals surface area contributed by atoms with E-state index in [9.17, 15) is 14.7 Å². The van der Waals surface area contributed by atoms with Crippen molar-refractivity contribution in [2.75, 3.05) is 19.0 Å². The van der Waals surface area contributed by atoms with Crippen LogP contribution < -0.4 is 10.1 Å². The lowest BCUT2D eigenvalue weighted by Gasteiger charge is -2.08. The Balaban J connectivity index is 1.75. The van der Waals surface area contributed by atoms with Gasteiger partial charge in [-0.25, -0.2) is 4.79 Å². The summed E-state index contributed by atoms with van der Waals surface area (Å²) in [6.07, 6.45) is 15.2. The molecular weight excluding hydrogens is 462 g/mol. The molecule has 2 rings (SSSR count). The van der Waals surface area contributed by atoms with E-state index in [1.54, 1.807) is 18.2 Å². The SMILES string of the molecule is CCCCCCCCCCCCOC(=O)c1scc(C)c1NC(=O)/C=C/c1ccc(O)c(OC)c1. The molecule has 2 N–H and O–H groups in total. The number of ether oxygens (including phenoxy) is 2. The summed E-state index contributed by atoms with van der Waals surface area (Å²) in [6, 6.07) is 4.81. The lowest BCUT2D eigenvalue weighted by Crippen LogP contribution is -2.13. The number of nitrogens with one attached hydrogen (secondary N) is 1. The Bertz CT molecular complexity index is 966. The number of phenolic OH excluding ortho intramolecular Hbond substituents is 1. The predicted octanol–water partition coefficient (Wildman–Crippen LogP) is 7.50. The number of hydrogen-bond acceptors (Lipinski definition) is 6. The van der Waals surface area contributed by atoms with Gasteiger partial charge in [-0.15, -0.1) is 11.3 Å². The smallest absolute Gasteiger partial charge is 0.350 e. The molecule has 35 heavy (non-hydrogen) atoms. The monoisotopic (exact) mass is 501 g/mol. The Morgan fingerprint density at radius 1 is 1.03 bits per heavy atom. The molecule has 7 heteroatoms. The lowest BCUT2D eigenvalue weighted by molar-refractivity contribution is -0.111. The number of esters is 1. The second-order valence-electron chi connectivity index (χ2n) is 8.69. The maximum Gasteiger partial charge on any atom is 0.350 e. The number of anilines is 1. The van der Waals surface area contributed by atoms with E-state index in [2.05, 4.69) is 12.2 Å². The highest BCUT2D eigenvalue weighted by molar-refractivity contribution is 7.12. The average molecular weight is 502 g/mol. The summed E-state index contributed by atoms with van der Waals surface area (Å²) in [4.78, 5) is 25.5. The number of hydrogen-bond donors (Lipinski definition) is 2. The van der Waals surface area contributed by atoms with E-state index in [1.807, 2.05) is 12.3 Å². The van der Waals surface area contributed by atoms with Crippen LogP contribution in [0.2, 0.25) is 0 Å². The number of benzene rings is 1. The van der Waals surface area contributed by atoms with E-state index in [0.29, 0.717) is 28.5 Å². The van der Waals surface area contributed by atoms with Gasteiger partial charge in [-0.2, -0.15) is 0 Å². The fourth-order valence-electron chi connectivity index (χ4n) is 3.70. The van der Waals surface area contributed by atoms with Crippen molar-refractivity contribution >= 4 is 35.0 Å². The maximum atomic E-state index is 12.6. The van der Waals surface area contributed by atoms with Gasteiger partial charge in [0.2, 0.25) is 5.91 Å². The molecule has 1 amide bonds. The second-order valence-corrected chi connectivity index (χ2v) is 9.57. The number of unbranched alkanes of at least 4 members (excludes halogenated alkanes) is 9. The highest BCUT2D eigenvalue weighted by atomic mass is 32.1. The molecular formula is C28H39NO5S. The second kappa shape index (κ2) is 16.0. The van der Waals surface area contributed by atoms with Gasteiger partial charge in [0.1, 0.15) is 4.88 Å². The molecule has 2 aromatic rings. The zero-order valence-corrected chi connectivity index (χ0v) is 22.0. The first-order valence-corrected chi connectivity index (χ1v) is 13.5. The topological polar surface area (TPSA) is 84.9 Å². The van der Waals surface area contributed by atoms with Crippen molar-refractivity contribution in [1.82, 2.24) is 0 Å². The zero-order chi connectivity index (χ0) is 25.5. The van der Waals surface area contributed by atoms with Gasteiger partial charge in [-0.1, -0.05) is 70.8 Å². The van der Waals surface area contributed by atoms with E-state index in [1.165, 1.54) is 82.0 Å². The number of amides is 1. The van der Waals surface area contributed by atoms with Crippen LogP contribution in [0.4, 0.5) is 5.69 Å². The van der Waals surface area contributed by atoms with E-state index in [-0.39, 0.29) is 11.7 Å². The summed E-state index contributed by atoms with van der Waals surface area (Å²) in [5.41, 5.74) is 2.00. The Hall–Kier alpha value is -2.80. The van der Waals surface area contributed by atoms with Crippen molar-refractivity contribution in [3.8, 4) is 11.5 Å². The third-order valence-electron chi connectivity index (χ3n) is 5.77. The highest BCUT2D eigenvalue weighted by Crippen LogP contribution is 2.29. The van der Waals surface area contributed by atoms with E-state index >= 15 is 0 Å². The third kappa shape index (κ3) is 10.1. The van der Waals surface area contributed by atoms with Gasteiger partial charge in [-0.3, -0.25) is 4.79 Å². The Labute approximate surface area is 213 Å². The summed E-state index contributed by atoms with van der Waals surface area (Å²) in [7, 11) is 1.46. The summed E-state index contributed by atoms with van der Waals surface area (Å²) in [6.45, 7) is 4.47. The molecule has 0 atom stereocenters. The van der Waals surface area contributed by atoms with Crippen LogP contribution in [0.1, 0.15) is 91.9 Å². The van der Waals surface area contributed by atoms with Gasteiger partial charge in [0.15, 0.2) is 11.5 Å². The zero-order valence-electron chi connectivity index (χ0n) is 21.2. The van der Waals surface area contributed by atoms with Crippen LogP contribution in [0, 0.1) is 6.92 Å². The first-order valence-electron chi connectivity index (χ1n) is 12.6. The largest absolute Gasteiger partial charge is 0.504 e. The molecule has 0 saturated heterocycles. The van der Waals surface area contributed by atoms with Gasteiger partial charge in [-0.05, 0) is 48.1 Å². The van der Waals surface area contributed by atoms with Gasteiger partial charge >= 0.3 is 5.97 Å². The van der Waals surface area contributed by atoms with Crippen LogP contribution in [0.25, 0.3) is 6.08 Å². The average Bonchev–Trinajstić information content (AvgIpc) is 3.21. The van der Waals surface area contributed by atoms with Crippen LogP contribution in [0.15, 0.2) is 29.7 Å². The summed E-state index contributed by atoms with van der Waals surface area (Å²) < 4.78 is 10.5. The molecule has 0 unspecified atom stereocenters. The number of phenols is 1. The number of methoxy groups -OCH3 is 1. The quantitative estimate of drug-likeness (QED) is 0.141. The minimum Gasteiger partial charge on any atom is -0.504 e. The summed E-state index contributed by atoms with van der Waals surface area (Å²) in [5.74, 6) is -0.401. The molecule has 0 fully saturated rings. The van der Waals surface area contributed by atoms with E-state index < -0.39 is 5.97 Å². The standard InChI is InChI=1S/C28H39NO5S/c1-4-5-6-7-8-9-10-11-12-13-18-34-28(32)27-26(21(2)20-35-27)29-25(31)17-15-22-14-16-23(30)24(19-22)33-3/h14-17,19-20,30H,4-13,18H2,1-3H3,(H,29,31)/b17-15+.